The van der Waals surface area contributed by atoms with Crippen LogP contribution in [0.2, 0.25) is 0 Å². The predicted octanol–water partition coefficient (Wildman–Crippen LogP) is 0.963. The number of hydrogen-bond donors (Lipinski definition) is 2. The first-order valence-electron chi connectivity index (χ1n) is 7.33. The van der Waals surface area contributed by atoms with Crippen LogP contribution in [0.25, 0.3) is 0 Å². The van der Waals surface area contributed by atoms with Gasteiger partial charge in [-0.25, -0.2) is 0 Å². The summed E-state index contributed by atoms with van der Waals surface area (Å²) < 4.78 is 70.8. The zero-order valence-corrected chi connectivity index (χ0v) is 15.3. The van der Waals surface area contributed by atoms with Gasteiger partial charge in [-0.15, -0.1) is 12.8 Å². The molecule has 1 rings (SSSR count). The summed E-state index contributed by atoms with van der Waals surface area (Å²) in [4.78, 5) is 0. The van der Waals surface area contributed by atoms with E-state index in [0.29, 0.717) is 11.1 Å². The minimum absolute atomic E-state index is 0.00690. The Balaban J connectivity index is 2.80. The van der Waals surface area contributed by atoms with Crippen LogP contribution < -0.4 is 9.47 Å². The number of rotatable bonds is 10. The molecule has 2 N–H and O–H groups in total. The molecule has 0 aliphatic heterocycles. The van der Waals surface area contributed by atoms with Crippen LogP contribution in [0.5, 0.6) is 11.5 Å². The Hall–Kier alpha value is -2.24. The Morgan fingerprint density at radius 3 is 1.42 bits per heavy atom. The van der Waals surface area contributed by atoms with Crippen molar-refractivity contribution in [1.29, 1.82) is 0 Å². The van der Waals surface area contributed by atoms with Gasteiger partial charge in [-0.3, -0.25) is 9.11 Å². The van der Waals surface area contributed by atoms with Gasteiger partial charge < -0.3 is 9.47 Å². The van der Waals surface area contributed by atoms with Crippen LogP contribution in [0.1, 0.15) is 24.0 Å². The third kappa shape index (κ3) is 8.23. The second-order valence-corrected chi connectivity index (χ2v) is 8.25. The predicted molar refractivity (Wildman–Crippen MR) is 95.4 cm³/mol. The highest BCUT2D eigenvalue weighted by Crippen LogP contribution is 2.28. The molecule has 0 unspecified atom stereocenters. The lowest BCUT2D eigenvalue weighted by molar-refractivity contribution is 0.306. The molecule has 0 heterocycles. The molecule has 8 nitrogen and oxygen atoms in total. The molecule has 0 saturated carbocycles. The van der Waals surface area contributed by atoms with Gasteiger partial charge in [0.05, 0.1) is 35.8 Å². The summed E-state index contributed by atoms with van der Waals surface area (Å²) in [5.74, 6) is 4.37. The van der Waals surface area contributed by atoms with Crippen LogP contribution >= 0.6 is 0 Å². The lowest BCUT2D eigenvalue weighted by Gasteiger charge is -2.13. The average Bonchev–Trinajstić information content (AvgIpc) is 2.53. The van der Waals surface area contributed by atoms with Crippen molar-refractivity contribution in [2.24, 2.45) is 0 Å². The number of hydrogen-bond acceptors (Lipinski definition) is 6. The van der Waals surface area contributed by atoms with E-state index in [2.05, 4.69) is 11.8 Å². The lowest BCUT2D eigenvalue weighted by atomic mass is 10.1. The molecule has 142 valence electrons. The molecule has 10 heteroatoms. The van der Waals surface area contributed by atoms with Crippen molar-refractivity contribution < 1.29 is 35.4 Å². The molecule has 0 aliphatic rings. The largest absolute Gasteiger partial charge is 0.492 e. The molecule has 0 fully saturated rings. The average molecular weight is 402 g/mol. The van der Waals surface area contributed by atoms with E-state index in [9.17, 15) is 16.8 Å². The molecule has 0 spiro atoms. The lowest BCUT2D eigenvalue weighted by Crippen LogP contribution is -2.10. The number of ether oxygens (including phenoxy) is 2. The van der Waals surface area contributed by atoms with E-state index in [1.54, 1.807) is 0 Å². The molecule has 0 aliphatic carbocycles. The van der Waals surface area contributed by atoms with Crippen LogP contribution in [-0.4, -0.2) is 50.7 Å². The summed E-state index contributed by atoms with van der Waals surface area (Å²) in [7, 11) is -8.14. The first-order chi connectivity index (χ1) is 12.1. The topological polar surface area (TPSA) is 127 Å². The van der Waals surface area contributed by atoms with Crippen molar-refractivity contribution in [2.45, 2.75) is 12.8 Å². The maximum atomic E-state index is 10.7. The summed E-state index contributed by atoms with van der Waals surface area (Å²) >= 11 is 0. The fraction of sp³-hybridized carbons (Fsp3) is 0.375. The van der Waals surface area contributed by atoms with E-state index in [0.717, 1.165) is 0 Å². The summed E-state index contributed by atoms with van der Waals surface area (Å²) in [5.41, 5.74) is 0.612. The van der Waals surface area contributed by atoms with Gasteiger partial charge in [0, 0.05) is 12.1 Å². The van der Waals surface area contributed by atoms with E-state index in [-0.39, 0.29) is 37.6 Å². The van der Waals surface area contributed by atoms with Crippen molar-refractivity contribution in [1.82, 2.24) is 0 Å². The Morgan fingerprint density at radius 1 is 0.808 bits per heavy atom. The fourth-order valence-electron chi connectivity index (χ4n) is 1.87. The van der Waals surface area contributed by atoms with Crippen molar-refractivity contribution in [2.75, 3.05) is 24.7 Å². The fourth-order valence-corrected chi connectivity index (χ4v) is 2.84. The van der Waals surface area contributed by atoms with E-state index in [1.165, 1.54) is 12.1 Å². The Bertz CT molecular complexity index is 840. The number of terminal acetylenes is 2. The van der Waals surface area contributed by atoms with Gasteiger partial charge in [-0.2, -0.15) is 16.8 Å². The Labute approximate surface area is 153 Å². The van der Waals surface area contributed by atoms with Gasteiger partial charge in [-0.1, -0.05) is 11.8 Å². The molecule has 26 heavy (non-hydrogen) atoms. The molecule has 0 amide bonds. The van der Waals surface area contributed by atoms with Crippen LogP contribution in [-0.2, 0) is 20.2 Å². The van der Waals surface area contributed by atoms with Gasteiger partial charge in [0.1, 0.15) is 11.5 Å². The molecule has 1 aromatic rings. The first-order valence-corrected chi connectivity index (χ1v) is 10.5. The second kappa shape index (κ2) is 9.46. The van der Waals surface area contributed by atoms with Crippen LogP contribution in [0.15, 0.2) is 12.1 Å². The minimum atomic E-state index is -4.07. The van der Waals surface area contributed by atoms with E-state index in [1.807, 2.05) is 0 Å². The highest BCUT2D eigenvalue weighted by molar-refractivity contribution is 7.86. The maximum Gasteiger partial charge on any atom is 0.264 e. The second-order valence-electron chi connectivity index (χ2n) is 5.11. The molecule has 1 aromatic carbocycles. The summed E-state index contributed by atoms with van der Waals surface area (Å²) in [5, 5.41) is 0. The summed E-state index contributed by atoms with van der Waals surface area (Å²) in [6.45, 7) is -0.0138. The van der Waals surface area contributed by atoms with E-state index in [4.69, 9.17) is 31.4 Å². The highest BCUT2D eigenvalue weighted by Gasteiger charge is 2.12. The van der Waals surface area contributed by atoms with Crippen LogP contribution in [0.3, 0.4) is 0 Å². The van der Waals surface area contributed by atoms with Crippen molar-refractivity contribution >= 4 is 20.2 Å². The summed E-state index contributed by atoms with van der Waals surface area (Å²) in [6.07, 6.45) is 10.9. The van der Waals surface area contributed by atoms with Crippen molar-refractivity contribution in [3.05, 3.63) is 23.3 Å². The van der Waals surface area contributed by atoms with Crippen molar-refractivity contribution in [3.8, 4) is 36.2 Å². The first kappa shape index (κ1) is 21.8. The quantitative estimate of drug-likeness (QED) is 0.337. The Morgan fingerprint density at radius 2 is 1.15 bits per heavy atom. The highest BCUT2D eigenvalue weighted by atomic mass is 32.2. The maximum absolute atomic E-state index is 10.7. The zero-order valence-electron chi connectivity index (χ0n) is 13.7. The van der Waals surface area contributed by atoms with E-state index < -0.39 is 31.7 Å². The molecule has 0 atom stereocenters. The molecule has 0 saturated heterocycles. The van der Waals surface area contributed by atoms with Crippen LogP contribution in [0, 0.1) is 24.7 Å². The molecular weight excluding hydrogens is 384 g/mol. The smallest absolute Gasteiger partial charge is 0.264 e. The van der Waals surface area contributed by atoms with Crippen LogP contribution in [0.4, 0.5) is 0 Å². The SMILES string of the molecule is C#Cc1cc(OCCCS(=O)(=O)O)c(C#C)cc1OCCCS(=O)(=O)O. The van der Waals surface area contributed by atoms with E-state index >= 15 is 0 Å². The third-order valence-electron chi connectivity index (χ3n) is 3.00. The monoisotopic (exact) mass is 402 g/mol. The minimum Gasteiger partial charge on any atom is -0.492 e. The standard InChI is InChI=1S/C16H18O8S2/c1-3-13-11-16(24-8-6-10-26(20,21)22)14(4-2)12-15(13)23-7-5-9-25(17,18)19/h1-2,11-12H,5-10H2,(H,17,18,19)(H,20,21,22). The Kier molecular flexibility index (Phi) is 7.93. The number of benzene rings is 1. The van der Waals surface area contributed by atoms with Crippen molar-refractivity contribution in [3.63, 3.8) is 0 Å². The molecule has 0 aromatic heterocycles. The van der Waals surface area contributed by atoms with Gasteiger partial charge in [0.25, 0.3) is 20.2 Å². The van der Waals surface area contributed by atoms with Gasteiger partial charge >= 0.3 is 0 Å². The molecule has 0 bridgehead atoms. The van der Waals surface area contributed by atoms with Gasteiger partial charge in [0.2, 0.25) is 0 Å². The zero-order chi connectivity index (χ0) is 19.8. The van der Waals surface area contributed by atoms with Gasteiger partial charge in [0.15, 0.2) is 0 Å². The molecule has 0 radical (unpaired) electrons. The summed E-state index contributed by atoms with van der Waals surface area (Å²) in [6, 6.07) is 2.89. The van der Waals surface area contributed by atoms with Gasteiger partial charge in [-0.05, 0) is 12.8 Å². The third-order valence-corrected chi connectivity index (χ3v) is 4.61. The molecular formula is C16H18O8S2. The normalized spacial score (nSPS) is 11.4.